The summed E-state index contributed by atoms with van der Waals surface area (Å²) < 4.78 is 17.3. The number of para-hydroxylation sites is 4. The van der Waals surface area contributed by atoms with Crippen LogP contribution in [-0.4, -0.2) is 37.3 Å². The molecular formula is C72H68N4O2. The van der Waals surface area contributed by atoms with Crippen LogP contribution >= 0.6 is 0 Å². The molecule has 0 N–H and O–H groups in total. The van der Waals surface area contributed by atoms with Crippen molar-refractivity contribution in [2.45, 2.75) is 69.2 Å². The molecule has 4 heterocycles. The van der Waals surface area contributed by atoms with Crippen LogP contribution < -0.4 is 9.80 Å². The van der Waals surface area contributed by atoms with Gasteiger partial charge in [-0.05, 0) is 208 Å². The lowest BCUT2D eigenvalue weighted by molar-refractivity contribution is 0.668. The molecule has 0 unspecified atom stereocenters. The lowest BCUT2D eigenvalue weighted by Gasteiger charge is -2.21. The first-order valence-corrected chi connectivity index (χ1v) is 27.2. The SMILES string of the molecule is CN(C)c1ccc2c(c1)oc1cc3cc4c(cc3cc12)oc1cc(N(C)C)ccc14.Cc1c(C)c(C)c(-n2c3ccccc3c3ccccc32)c(C)c1C.Cc1c(C)c(C)c(-n2c3ccccc3c3ccccc32)c(C)c1C. The molecule has 0 bridgehead atoms. The summed E-state index contributed by atoms with van der Waals surface area (Å²) in [5.74, 6) is 0. The lowest BCUT2D eigenvalue weighted by atomic mass is 9.92. The number of furan rings is 2. The second-order valence-corrected chi connectivity index (χ2v) is 22.1. The van der Waals surface area contributed by atoms with E-state index >= 15 is 0 Å². The van der Waals surface area contributed by atoms with E-state index in [1.165, 1.54) is 111 Å². The van der Waals surface area contributed by atoms with E-state index in [-0.39, 0.29) is 0 Å². The van der Waals surface area contributed by atoms with Crippen molar-refractivity contribution in [2.24, 2.45) is 0 Å². The van der Waals surface area contributed by atoms with Crippen LogP contribution in [0.1, 0.15) is 55.6 Å². The normalized spacial score (nSPS) is 11.7. The van der Waals surface area contributed by atoms with Gasteiger partial charge in [-0.15, -0.1) is 0 Å². The Morgan fingerprint density at radius 3 is 0.833 bits per heavy atom. The lowest BCUT2D eigenvalue weighted by Crippen LogP contribution is -2.07. The van der Waals surface area contributed by atoms with Gasteiger partial charge in [0.2, 0.25) is 0 Å². The maximum atomic E-state index is 6.22. The summed E-state index contributed by atoms with van der Waals surface area (Å²) in [6.07, 6.45) is 0. The summed E-state index contributed by atoms with van der Waals surface area (Å²) in [5, 5.41) is 12.1. The number of benzene rings is 10. The van der Waals surface area contributed by atoms with Crippen LogP contribution in [0.25, 0.3) is 110 Å². The van der Waals surface area contributed by atoms with Crippen LogP contribution in [0.2, 0.25) is 0 Å². The molecule has 0 radical (unpaired) electrons. The number of anilines is 2. The molecule has 0 atom stereocenters. The summed E-state index contributed by atoms with van der Waals surface area (Å²) in [5.41, 5.74) is 27.7. The Hall–Kier alpha value is -8.74. The Labute approximate surface area is 457 Å². The van der Waals surface area contributed by atoms with Gasteiger partial charge in [-0.3, -0.25) is 0 Å². The average molecular weight is 1020 g/mol. The van der Waals surface area contributed by atoms with Crippen molar-refractivity contribution in [3.05, 3.63) is 213 Å². The van der Waals surface area contributed by atoms with Gasteiger partial charge in [0.1, 0.15) is 22.3 Å². The van der Waals surface area contributed by atoms with E-state index in [1.807, 2.05) is 28.2 Å². The first kappa shape index (κ1) is 50.1. The highest BCUT2D eigenvalue weighted by atomic mass is 16.3. The van der Waals surface area contributed by atoms with Crippen LogP contribution in [0.4, 0.5) is 11.4 Å². The van der Waals surface area contributed by atoms with Crippen molar-refractivity contribution < 1.29 is 8.83 Å². The van der Waals surface area contributed by atoms with Crippen LogP contribution in [-0.2, 0) is 0 Å². The molecule has 0 fully saturated rings. The predicted octanol–water partition coefficient (Wildman–Crippen LogP) is 19.4. The number of hydrogen-bond acceptors (Lipinski definition) is 4. The van der Waals surface area contributed by atoms with Gasteiger partial charge in [0.05, 0.1) is 33.4 Å². The zero-order chi connectivity index (χ0) is 54.6. The van der Waals surface area contributed by atoms with E-state index in [1.54, 1.807) is 0 Å². The summed E-state index contributed by atoms with van der Waals surface area (Å²) in [7, 11) is 8.16. The van der Waals surface area contributed by atoms with Gasteiger partial charge in [0.25, 0.3) is 0 Å². The van der Waals surface area contributed by atoms with E-state index in [4.69, 9.17) is 8.83 Å². The van der Waals surface area contributed by atoms with Crippen molar-refractivity contribution in [2.75, 3.05) is 38.0 Å². The second-order valence-electron chi connectivity index (χ2n) is 22.1. The minimum absolute atomic E-state index is 0.912. The van der Waals surface area contributed by atoms with Crippen molar-refractivity contribution >= 4 is 110 Å². The maximum absolute atomic E-state index is 6.22. The van der Waals surface area contributed by atoms with Crippen LogP contribution in [0.15, 0.2) is 167 Å². The van der Waals surface area contributed by atoms with Gasteiger partial charge in [0, 0.05) is 94.8 Å². The minimum Gasteiger partial charge on any atom is -0.456 e. The Kier molecular flexibility index (Phi) is 12.2. The van der Waals surface area contributed by atoms with E-state index < -0.39 is 0 Å². The van der Waals surface area contributed by atoms with Gasteiger partial charge in [-0.1, -0.05) is 72.8 Å². The van der Waals surface area contributed by atoms with Crippen LogP contribution in [0.5, 0.6) is 0 Å². The average Bonchev–Trinajstić information content (AvgIpc) is 4.37. The molecule has 6 nitrogen and oxygen atoms in total. The summed E-state index contributed by atoms with van der Waals surface area (Å²) >= 11 is 0. The summed E-state index contributed by atoms with van der Waals surface area (Å²) in [6.45, 7) is 22.5. The van der Waals surface area contributed by atoms with Crippen LogP contribution in [0, 0.1) is 69.2 Å². The van der Waals surface area contributed by atoms with E-state index in [0.717, 1.165) is 66.0 Å². The standard InChI is InChI=1S/C26H22N2O2.2C23H23N/c1-27(2)17-5-7-19-21-9-15-12-24-22(10-16(15)11-23(21)29-25(19)13-17)20-8-6-18(28(3)4)14-26(20)30-24;2*1-14-15(2)17(4)23(18(5)16(14)3)24-21-12-8-6-10-19(21)20-11-7-9-13-22(20)24/h5-14H,1-4H3;2*6-13H,1-5H3. The molecule has 4 aromatic heterocycles. The Morgan fingerprint density at radius 1 is 0.269 bits per heavy atom. The molecule has 0 aliphatic rings. The molecular weight excluding hydrogens is 953 g/mol. The number of hydrogen-bond donors (Lipinski definition) is 0. The fraction of sp³-hybridized carbons (Fsp3) is 0.194. The second kappa shape index (κ2) is 19.1. The van der Waals surface area contributed by atoms with Crippen molar-refractivity contribution in [3.8, 4) is 11.4 Å². The van der Waals surface area contributed by atoms with Gasteiger partial charge in [0.15, 0.2) is 0 Å². The number of fused-ring (bicyclic) bond motifs is 13. The zero-order valence-corrected chi connectivity index (χ0v) is 47.6. The molecule has 0 spiro atoms. The topological polar surface area (TPSA) is 42.6 Å². The fourth-order valence-electron chi connectivity index (χ4n) is 12.3. The number of nitrogens with zero attached hydrogens (tertiary/aromatic N) is 4. The van der Waals surface area contributed by atoms with Crippen molar-refractivity contribution in [1.29, 1.82) is 0 Å². The fourth-order valence-corrected chi connectivity index (χ4v) is 12.3. The minimum atomic E-state index is 0.912. The Morgan fingerprint density at radius 2 is 0.538 bits per heavy atom. The molecule has 0 saturated carbocycles. The van der Waals surface area contributed by atoms with Crippen molar-refractivity contribution in [3.63, 3.8) is 0 Å². The van der Waals surface area contributed by atoms with Gasteiger partial charge < -0.3 is 27.8 Å². The van der Waals surface area contributed by atoms with E-state index in [9.17, 15) is 0 Å². The molecule has 10 aromatic carbocycles. The smallest absolute Gasteiger partial charge is 0.137 e. The van der Waals surface area contributed by atoms with Gasteiger partial charge in [-0.2, -0.15) is 0 Å². The van der Waals surface area contributed by atoms with Gasteiger partial charge in [-0.25, -0.2) is 0 Å². The largest absolute Gasteiger partial charge is 0.456 e. The molecule has 0 saturated heterocycles. The van der Waals surface area contributed by atoms with Crippen molar-refractivity contribution in [1.82, 2.24) is 9.13 Å². The number of rotatable bonds is 4. The predicted molar refractivity (Wildman–Crippen MR) is 336 cm³/mol. The Balaban J connectivity index is 0.000000118. The molecule has 78 heavy (non-hydrogen) atoms. The highest BCUT2D eigenvalue weighted by Crippen LogP contribution is 2.41. The molecule has 388 valence electrons. The third-order valence-electron chi connectivity index (χ3n) is 17.5. The first-order chi connectivity index (χ1) is 37.5. The maximum Gasteiger partial charge on any atom is 0.137 e. The third-order valence-corrected chi connectivity index (χ3v) is 17.5. The molecule has 14 aromatic rings. The number of aromatic nitrogens is 2. The quantitative estimate of drug-likeness (QED) is 0.176. The molecule has 0 aliphatic carbocycles. The first-order valence-electron chi connectivity index (χ1n) is 27.2. The highest BCUT2D eigenvalue weighted by Gasteiger charge is 2.21. The molecule has 6 heteroatoms. The van der Waals surface area contributed by atoms with E-state index in [2.05, 4.69) is 246 Å². The molecule has 0 amide bonds. The zero-order valence-electron chi connectivity index (χ0n) is 47.6. The highest BCUT2D eigenvalue weighted by molar-refractivity contribution is 6.16. The molecule has 14 rings (SSSR count). The third kappa shape index (κ3) is 7.91. The van der Waals surface area contributed by atoms with E-state index in [0.29, 0.717) is 0 Å². The van der Waals surface area contributed by atoms with Crippen LogP contribution in [0.3, 0.4) is 0 Å². The Bertz CT molecular complexity index is 4280. The summed E-state index contributed by atoms with van der Waals surface area (Å²) in [4.78, 5) is 4.17. The summed E-state index contributed by atoms with van der Waals surface area (Å²) in [6, 6.07) is 56.4. The molecule has 0 aliphatic heterocycles. The monoisotopic (exact) mass is 1020 g/mol. The van der Waals surface area contributed by atoms with Gasteiger partial charge >= 0.3 is 0 Å².